The van der Waals surface area contributed by atoms with Crippen molar-refractivity contribution in [2.75, 3.05) is 33.5 Å². The largest absolute Gasteiger partial charge is 0.444 e. The maximum Gasteiger partial charge on any atom is 0.407 e. The number of methoxy groups -OCH3 is 1. The Labute approximate surface area is 149 Å². The van der Waals surface area contributed by atoms with E-state index in [1.54, 1.807) is 31.4 Å². The zero-order valence-electron chi connectivity index (χ0n) is 15.4. The van der Waals surface area contributed by atoms with Crippen molar-refractivity contribution in [3.8, 4) is 0 Å². The van der Waals surface area contributed by atoms with Gasteiger partial charge in [0.1, 0.15) is 5.60 Å². The summed E-state index contributed by atoms with van der Waals surface area (Å²) in [5, 5.41) is 5.45. The monoisotopic (exact) mass is 352 g/mol. The Bertz CT molecular complexity index is 537. The van der Waals surface area contributed by atoms with Gasteiger partial charge in [-0.25, -0.2) is 4.79 Å². The maximum absolute atomic E-state index is 12.0. The summed E-state index contributed by atoms with van der Waals surface area (Å²) in [6, 6.07) is 7.02. The lowest BCUT2D eigenvalue weighted by Crippen LogP contribution is -2.32. The molecule has 7 nitrogen and oxygen atoms in total. The van der Waals surface area contributed by atoms with Crippen LogP contribution in [0.3, 0.4) is 0 Å². The molecular weight excluding hydrogens is 324 g/mol. The Morgan fingerprint density at radius 1 is 1.00 bits per heavy atom. The number of benzene rings is 1. The van der Waals surface area contributed by atoms with Crippen molar-refractivity contribution in [2.45, 2.75) is 32.9 Å². The number of nitrogens with one attached hydrogen (secondary N) is 2. The summed E-state index contributed by atoms with van der Waals surface area (Å²) in [6.07, 6.45) is -0.470. The summed E-state index contributed by atoms with van der Waals surface area (Å²) < 4.78 is 15.3. The molecule has 1 rings (SSSR count). The first-order valence-corrected chi connectivity index (χ1v) is 8.22. The quantitative estimate of drug-likeness (QED) is 0.665. The third-order valence-electron chi connectivity index (χ3n) is 3.02. The predicted octanol–water partition coefficient (Wildman–Crippen LogP) is 2.10. The predicted molar refractivity (Wildman–Crippen MR) is 94.5 cm³/mol. The number of hydrogen-bond acceptors (Lipinski definition) is 5. The summed E-state index contributed by atoms with van der Waals surface area (Å²) >= 11 is 0. The molecule has 0 aromatic heterocycles. The van der Waals surface area contributed by atoms with Gasteiger partial charge < -0.3 is 24.8 Å². The maximum atomic E-state index is 12.0. The molecule has 0 heterocycles. The highest BCUT2D eigenvalue weighted by Gasteiger charge is 2.15. The number of carbonyl (C=O) groups is 2. The minimum atomic E-state index is -0.528. The molecule has 2 amide bonds. The first-order valence-electron chi connectivity index (χ1n) is 8.22. The summed E-state index contributed by atoms with van der Waals surface area (Å²) in [4.78, 5) is 23.6. The van der Waals surface area contributed by atoms with Crippen molar-refractivity contribution in [1.82, 2.24) is 10.6 Å². The second-order valence-electron chi connectivity index (χ2n) is 6.41. The summed E-state index contributed by atoms with van der Waals surface area (Å²) in [5.41, 5.74) is 0.905. The van der Waals surface area contributed by atoms with Gasteiger partial charge in [-0.2, -0.15) is 0 Å². The molecule has 0 unspecified atom stereocenters. The molecule has 1 aromatic carbocycles. The van der Waals surface area contributed by atoms with E-state index in [4.69, 9.17) is 14.2 Å². The van der Waals surface area contributed by atoms with Crippen LogP contribution in [0.1, 0.15) is 36.7 Å². The van der Waals surface area contributed by atoms with Gasteiger partial charge in [0.25, 0.3) is 5.91 Å². The number of hydrogen-bond donors (Lipinski definition) is 2. The van der Waals surface area contributed by atoms with Gasteiger partial charge in [-0.15, -0.1) is 0 Å². The van der Waals surface area contributed by atoms with Crippen LogP contribution in [0.25, 0.3) is 0 Å². The van der Waals surface area contributed by atoms with E-state index in [-0.39, 0.29) is 5.91 Å². The van der Waals surface area contributed by atoms with E-state index in [1.807, 2.05) is 20.8 Å². The number of alkyl carbamates (subject to hydrolysis) is 1. The van der Waals surface area contributed by atoms with Crippen LogP contribution >= 0.6 is 0 Å². The van der Waals surface area contributed by atoms with Crippen LogP contribution in [0.5, 0.6) is 0 Å². The smallest absolute Gasteiger partial charge is 0.407 e. The molecule has 0 aliphatic carbocycles. The highest BCUT2D eigenvalue weighted by molar-refractivity contribution is 5.94. The molecule has 0 aliphatic rings. The third-order valence-corrected chi connectivity index (χ3v) is 3.02. The standard InChI is InChI=1S/C18H28N2O5/c1-18(2,3)25-17(22)20-13-14-5-7-15(8-6-14)16(21)19-9-10-24-12-11-23-4/h5-8H,9-13H2,1-4H3,(H,19,21)(H,20,22). The number of rotatable bonds is 9. The van der Waals surface area contributed by atoms with Gasteiger partial charge >= 0.3 is 6.09 Å². The number of ether oxygens (including phenoxy) is 3. The SMILES string of the molecule is COCCOCCNC(=O)c1ccc(CNC(=O)OC(C)(C)C)cc1. The Morgan fingerprint density at radius 2 is 1.68 bits per heavy atom. The van der Waals surface area contributed by atoms with E-state index in [9.17, 15) is 9.59 Å². The van der Waals surface area contributed by atoms with Crippen LogP contribution in [0.4, 0.5) is 4.79 Å². The van der Waals surface area contributed by atoms with E-state index >= 15 is 0 Å². The molecule has 0 saturated carbocycles. The van der Waals surface area contributed by atoms with Crippen molar-refractivity contribution >= 4 is 12.0 Å². The lowest BCUT2D eigenvalue weighted by Gasteiger charge is -2.19. The topological polar surface area (TPSA) is 85.9 Å². The summed E-state index contributed by atoms with van der Waals surface area (Å²) in [7, 11) is 1.61. The fourth-order valence-electron chi connectivity index (χ4n) is 1.85. The molecule has 0 aliphatic heterocycles. The van der Waals surface area contributed by atoms with E-state index in [0.717, 1.165) is 5.56 Å². The molecule has 0 atom stereocenters. The van der Waals surface area contributed by atoms with Gasteiger partial charge in [0.15, 0.2) is 0 Å². The van der Waals surface area contributed by atoms with Crippen LogP contribution < -0.4 is 10.6 Å². The van der Waals surface area contributed by atoms with Crippen molar-refractivity contribution in [2.24, 2.45) is 0 Å². The summed E-state index contributed by atoms with van der Waals surface area (Å²) in [6.45, 7) is 7.67. The van der Waals surface area contributed by atoms with Crippen LogP contribution in [0, 0.1) is 0 Å². The van der Waals surface area contributed by atoms with E-state index < -0.39 is 11.7 Å². The second-order valence-corrected chi connectivity index (χ2v) is 6.41. The normalized spacial score (nSPS) is 11.0. The van der Waals surface area contributed by atoms with E-state index in [2.05, 4.69) is 10.6 Å². The minimum absolute atomic E-state index is 0.165. The molecule has 140 valence electrons. The first kappa shape index (κ1) is 20.9. The van der Waals surface area contributed by atoms with Gasteiger partial charge in [-0.05, 0) is 38.5 Å². The highest BCUT2D eigenvalue weighted by atomic mass is 16.6. The third kappa shape index (κ3) is 9.69. The van der Waals surface area contributed by atoms with Crippen LogP contribution in [-0.4, -0.2) is 51.1 Å². The second kappa shape index (κ2) is 10.7. The molecule has 0 bridgehead atoms. The van der Waals surface area contributed by atoms with Crippen LogP contribution in [0.15, 0.2) is 24.3 Å². The Kier molecular flexibility index (Phi) is 8.94. The van der Waals surface area contributed by atoms with E-state index in [1.165, 1.54) is 0 Å². The molecule has 7 heteroatoms. The molecule has 0 spiro atoms. The zero-order valence-corrected chi connectivity index (χ0v) is 15.4. The van der Waals surface area contributed by atoms with Crippen molar-refractivity contribution in [3.63, 3.8) is 0 Å². The average Bonchev–Trinajstić information content (AvgIpc) is 2.55. The Morgan fingerprint density at radius 3 is 2.28 bits per heavy atom. The van der Waals surface area contributed by atoms with E-state index in [0.29, 0.717) is 38.5 Å². The van der Waals surface area contributed by atoms with Gasteiger partial charge in [-0.3, -0.25) is 4.79 Å². The zero-order chi connectivity index (χ0) is 18.7. The van der Waals surface area contributed by atoms with Gasteiger partial charge in [0.05, 0.1) is 19.8 Å². The first-order chi connectivity index (χ1) is 11.8. The van der Waals surface area contributed by atoms with Crippen molar-refractivity contribution in [1.29, 1.82) is 0 Å². The number of amides is 2. The molecule has 0 fully saturated rings. The van der Waals surface area contributed by atoms with Crippen molar-refractivity contribution < 1.29 is 23.8 Å². The Balaban J connectivity index is 2.32. The van der Waals surface area contributed by atoms with Crippen molar-refractivity contribution in [3.05, 3.63) is 35.4 Å². The van der Waals surface area contributed by atoms with Crippen LogP contribution in [-0.2, 0) is 20.8 Å². The van der Waals surface area contributed by atoms with Gasteiger partial charge in [0, 0.05) is 25.8 Å². The van der Waals surface area contributed by atoms with Gasteiger partial charge in [-0.1, -0.05) is 12.1 Å². The number of carbonyl (C=O) groups excluding carboxylic acids is 2. The minimum Gasteiger partial charge on any atom is -0.444 e. The lowest BCUT2D eigenvalue weighted by atomic mass is 10.1. The van der Waals surface area contributed by atoms with Crippen LogP contribution in [0.2, 0.25) is 0 Å². The molecule has 0 saturated heterocycles. The molecule has 1 aromatic rings. The molecule has 0 radical (unpaired) electrons. The average molecular weight is 352 g/mol. The summed E-state index contributed by atoms with van der Waals surface area (Å²) in [5.74, 6) is -0.165. The molecule has 25 heavy (non-hydrogen) atoms. The van der Waals surface area contributed by atoms with Gasteiger partial charge in [0.2, 0.25) is 0 Å². The highest BCUT2D eigenvalue weighted by Crippen LogP contribution is 2.08. The Hall–Kier alpha value is -2.12. The fourth-order valence-corrected chi connectivity index (χ4v) is 1.85. The lowest BCUT2D eigenvalue weighted by molar-refractivity contribution is 0.0523. The fraction of sp³-hybridized carbons (Fsp3) is 0.556. The molecular formula is C18H28N2O5. The molecule has 2 N–H and O–H groups in total.